The van der Waals surface area contributed by atoms with E-state index in [0.29, 0.717) is 0 Å². The number of hydrogen-bond acceptors (Lipinski definition) is 1. The van der Waals surface area contributed by atoms with Crippen LogP contribution < -0.4 is 10.2 Å². The third kappa shape index (κ3) is 4.43. The van der Waals surface area contributed by atoms with E-state index in [1.54, 1.807) is 0 Å². The summed E-state index contributed by atoms with van der Waals surface area (Å²) in [5, 5.41) is 2.96. The lowest BCUT2D eigenvalue weighted by atomic mass is 10.1. The molecule has 2 aromatic rings. The van der Waals surface area contributed by atoms with E-state index in [2.05, 4.69) is 43.6 Å². The van der Waals surface area contributed by atoms with Crippen molar-refractivity contribution in [3.8, 4) is 0 Å². The normalized spacial score (nSPS) is 13.5. The van der Waals surface area contributed by atoms with Gasteiger partial charge in [0.05, 0.1) is 7.05 Å². The lowest BCUT2D eigenvalue weighted by Gasteiger charge is -2.21. The van der Waals surface area contributed by atoms with Crippen LogP contribution >= 0.6 is 0 Å². The zero-order valence-corrected chi connectivity index (χ0v) is 12.9. The Morgan fingerprint density at radius 3 is 2.33 bits per heavy atom. The van der Waals surface area contributed by atoms with Crippen LogP contribution in [0.4, 0.5) is 5.69 Å². The molecule has 1 amide bonds. The Morgan fingerprint density at radius 1 is 1.10 bits per heavy atom. The van der Waals surface area contributed by atoms with Gasteiger partial charge in [-0.2, -0.15) is 0 Å². The first-order valence-electron chi connectivity index (χ1n) is 7.30. The summed E-state index contributed by atoms with van der Waals surface area (Å²) in [5.74, 6) is 0.0470. The number of benzene rings is 2. The molecule has 2 aromatic carbocycles. The molecule has 0 aromatic heterocycles. The minimum Gasteiger partial charge on any atom is -0.324 e. The second-order valence-corrected chi connectivity index (χ2v) is 5.59. The van der Waals surface area contributed by atoms with Gasteiger partial charge in [0.25, 0.3) is 5.91 Å². The molecule has 0 aliphatic heterocycles. The number of hydrogen-bond donors (Lipinski definition) is 2. The number of amides is 1. The van der Waals surface area contributed by atoms with Crippen molar-refractivity contribution in [3.63, 3.8) is 0 Å². The number of likely N-dealkylation sites (N-methyl/N-ethyl adjacent to an activating group) is 1. The fourth-order valence-corrected chi connectivity index (χ4v) is 2.18. The molecule has 2 rings (SSSR count). The Morgan fingerprint density at radius 2 is 1.71 bits per heavy atom. The molecule has 0 aliphatic carbocycles. The van der Waals surface area contributed by atoms with Gasteiger partial charge >= 0.3 is 0 Å². The predicted octanol–water partition coefficient (Wildman–Crippen LogP) is 2.04. The predicted molar refractivity (Wildman–Crippen MR) is 86.3 cm³/mol. The van der Waals surface area contributed by atoms with E-state index >= 15 is 0 Å². The number of aryl methyl sites for hydroxylation is 1. The molecule has 0 spiro atoms. The van der Waals surface area contributed by atoms with Crippen LogP contribution in [-0.4, -0.2) is 19.0 Å². The number of quaternary nitrogens is 1. The molecular formula is C18H23N2O+. The van der Waals surface area contributed by atoms with Gasteiger partial charge < -0.3 is 10.2 Å². The molecule has 2 N–H and O–H groups in total. The van der Waals surface area contributed by atoms with Crippen molar-refractivity contribution >= 4 is 11.6 Å². The summed E-state index contributed by atoms with van der Waals surface area (Å²) in [6.45, 7) is 4.88. The van der Waals surface area contributed by atoms with Crippen LogP contribution in [0.25, 0.3) is 0 Å². The molecule has 2 atom stereocenters. The molecule has 0 saturated carbocycles. The van der Waals surface area contributed by atoms with E-state index in [-0.39, 0.29) is 11.9 Å². The van der Waals surface area contributed by atoms with Crippen molar-refractivity contribution in [3.05, 3.63) is 65.7 Å². The Bertz CT molecular complexity index is 578. The molecular weight excluding hydrogens is 260 g/mol. The van der Waals surface area contributed by atoms with Gasteiger partial charge in [0.15, 0.2) is 6.04 Å². The first-order valence-corrected chi connectivity index (χ1v) is 7.30. The maximum absolute atomic E-state index is 12.3. The topological polar surface area (TPSA) is 33.5 Å². The summed E-state index contributed by atoms with van der Waals surface area (Å²) in [6, 6.07) is 17.9. The maximum atomic E-state index is 12.3. The van der Waals surface area contributed by atoms with E-state index in [0.717, 1.165) is 12.2 Å². The van der Waals surface area contributed by atoms with Crippen LogP contribution in [0.1, 0.15) is 18.1 Å². The van der Waals surface area contributed by atoms with Crippen molar-refractivity contribution in [2.75, 3.05) is 12.4 Å². The zero-order chi connectivity index (χ0) is 15.2. The number of anilines is 1. The lowest BCUT2D eigenvalue weighted by molar-refractivity contribution is -0.907. The molecule has 21 heavy (non-hydrogen) atoms. The van der Waals surface area contributed by atoms with Gasteiger partial charge in [0.1, 0.15) is 6.54 Å². The highest BCUT2D eigenvalue weighted by Crippen LogP contribution is 2.05. The summed E-state index contributed by atoms with van der Waals surface area (Å²) >= 11 is 0. The minimum absolute atomic E-state index is 0.0470. The van der Waals surface area contributed by atoms with Crippen LogP contribution in [0.3, 0.4) is 0 Å². The largest absolute Gasteiger partial charge is 0.324 e. The average Bonchev–Trinajstić information content (AvgIpc) is 2.49. The van der Waals surface area contributed by atoms with Gasteiger partial charge in [0, 0.05) is 11.3 Å². The zero-order valence-electron chi connectivity index (χ0n) is 12.9. The SMILES string of the molecule is Cc1ccc(C[NH+](C)[C@@H](C)C(=O)Nc2ccccc2)cc1. The first-order chi connectivity index (χ1) is 10.1. The van der Waals surface area contributed by atoms with Crippen LogP contribution in [0.15, 0.2) is 54.6 Å². The molecule has 3 nitrogen and oxygen atoms in total. The molecule has 0 fully saturated rings. The molecule has 0 bridgehead atoms. The van der Waals surface area contributed by atoms with Crippen LogP contribution in [-0.2, 0) is 11.3 Å². The molecule has 0 saturated heterocycles. The van der Waals surface area contributed by atoms with Crippen LogP contribution in [0.5, 0.6) is 0 Å². The fourth-order valence-electron chi connectivity index (χ4n) is 2.18. The highest BCUT2D eigenvalue weighted by Gasteiger charge is 2.21. The van der Waals surface area contributed by atoms with E-state index in [1.165, 1.54) is 16.0 Å². The van der Waals surface area contributed by atoms with E-state index in [1.807, 2.05) is 37.3 Å². The van der Waals surface area contributed by atoms with Gasteiger partial charge in [-0.1, -0.05) is 48.0 Å². The highest BCUT2D eigenvalue weighted by atomic mass is 16.2. The van der Waals surface area contributed by atoms with Crippen LogP contribution in [0, 0.1) is 6.92 Å². The molecule has 1 unspecified atom stereocenters. The molecule has 110 valence electrons. The third-order valence-corrected chi connectivity index (χ3v) is 3.78. The van der Waals surface area contributed by atoms with Gasteiger partial charge in [-0.3, -0.25) is 4.79 Å². The van der Waals surface area contributed by atoms with Crippen molar-refractivity contribution in [1.82, 2.24) is 0 Å². The fraction of sp³-hybridized carbons (Fsp3) is 0.278. The smallest absolute Gasteiger partial charge is 0.282 e. The molecule has 3 heteroatoms. The van der Waals surface area contributed by atoms with Crippen molar-refractivity contribution < 1.29 is 9.69 Å². The number of nitrogens with one attached hydrogen (secondary N) is 2. The monoisotopic (exact) mass is 283 g/mol. The minimum atomic E-state index is -0.105. The van der Waals surface area contributed by atoms with E-state index in [9.17, 15) is 4.79 Å². The summed E-state index contributed by atoms with van der Waals surface area (Å²) in [6.07, 6.45) is 0. The quantitative estimate of drug-likeness (QED) is 0.865. The maximum Gasteiger partial charge on any atom is 0.282 e. The number of carbonyl (C=O) groups is 1. The van der Waals surface area contributed by atoms with Crippen molar-refractivity contribution in [1.29, 1.82) is 0 Å². The summed E-state index contributed by atoms with van der Waals surface area (Å²) in [4.78, 5) is 13.4. The second-order valence-electron chi connectivity index (χ2n) is 5.59. The number of para-hydroxylation sites is 1. The van der Waals surface area contributed by atoms with Gasteiger partial charge in [-0.15, -0.1) is 0 Å². The van der Waals surface area contributed by atoms with E-state index in [4.69, 9.17) is 0 Å². The van der Waals surface area contributed by atoms with E-state index < -0.39 is 0 Å². The number of carbonyl (C=O) groups excluding carboxylic acids is 1. The Balaban J connectivity index is 1.93. The average molecular weight is 283 g/mol. The summed E-state index contributed by atoms with van der Waals surface area (Å²) in [5.41, 5.74) is 3.35. The van der Waals surface area contributed by atoms with Gasteiger partial charge in [-0.05, 0) is 26.0 Å². The van der Waals surface area contributed by atoms with Crippen molar-refractivity contribution in [2.24, 2.45) is 0 Å². The molecule has 0 radical (unpaired) electrons. The highest BCUT2D eigenvalue weighted by molar-refractivity contribution is 5.93. The standard InChI is InChI=1S/C18H22N2O/c1-14-9-11-16(12-10-14)13-20(3)15(2)18(21)19-17-7-5-4-6-8-17/h4-12,15H,13H2,1-3H3,(H,19,21)/p+1/t15-/m0/s1. The Kier molecular flexibility index (Phi) is 5.12. The van der Waals surface area contributed by atoms with Gasteiger partial charge in [0.2, 0.25) is 0 Å². The Labute approximate surface area is 126 Å². The summed E-state index contributed by atoms with van der Waals surface area (Å²) < 4.78 is 0. The number of rotatable bonds is 5. The first kappa shape index (κ1) is 15.3. The van der Waals surface area contributed by atoms with Crippen LogP contribution in [0.2, 0.25) is 0 Å². The van der Waals surface area contributed by atoms with Crippen molar-refractivity contribution in [2.45, 2.75) is 26.4 Å². The molecule has 0 heterocycles. The summed E-state index contributed by atoms with van der Waals surface area (Å²) in [7, 11) is 2.05. The molecule has 0 aliphatic rings. The van der Waals surface area contributed by atoms with Gasteiger partial charge in [-0.25, -0.2) is 0 Å². The third-order valence-electron chi connectivity index (χ3n) is 3.78. The lowest BCUT2D eigenvalue weighted by Crippen LogP contribution is -3.12. The Hall–Kier alpha value is -2.13. The second kappa shape index (κ2) is 7.04.